The first-order valence-electron chi connectivity index (χ1n) is 13.2. The van der Waals surface area contributed by atoms with Gasteiger partial charge < -0.3 is 24.4 Å². The molecular weight excluding hydrogens is 485 g/mol. The molecule has 3 aromatic rings. The lowest BCUT2D eigenvalue weighted by Gasteiger charge is -2.36. The lowest BCUT2D eigenvalue weighted by molar-refractivity contribution is 0.102. The normalized spacial score (nSPS) is 13.7. The van der Waals surface area contributed by atoms with Crippen LogP contribution in [0.5, 0.6) is 17.2 Å². The van der Waals surface area contributed by atoms with Gasteiger partial charge in [-0.15, -0.1) is 0 Å². The summed E-state index contributed by atoms with van der Waals surface area (Å²) in [4.78, 5) is 17.7. The van der Waals surface area contributed by atoms with Crippen LogP contribution in [0.25, 0.3) is 0 Å². The highest BCUT2D eigenvalue weighted by molar-refractivity contribution is 6.05. The van der Waals surface area contributed by atoms with E-state index in [2.05, 4.69) is 15.1 Å². The van der Waals surface area contributed by atoms with Gasteiger partial charge in [0.05, 0.1) is 19.8 Å². The highest BCUT2D eigenvalue weighted by Crippen LogP contribution is 2.39. The fourth-order valence-electron chi connectivity index (χ4n) is 4.51. The van der Waals surface area contributed by atoms with Gasteiger partial charge in [-0.3, -0.25) is 9.69 Å². The van der Waals surface area contributed by atoms with Crippen LogP contribution in [0.1, 0.15) is 36.7 Å². The molecule has 3 aromatic carbocycles. The third-order valence-electron chi connectivity index (χ3n) is 6.39. The first kappa shape index (κ1) is 27.3. The summed E-state index contributed by atoms with van der Waals surface area (Å²) in [7, 11) is 0. The average Bonchev–Trinajstić information content (AvgIpc) is 2.93. The number of hydrogen-bond acceptors (Lipinski definition) is 6. The van der Waals surface area contributed by atoms with Gasteiger partial charge in [0.15, 0.2) is 11.5 Å². The molecule has 1 fully saturated rings. The third-order valence-corrected chi connectivity index (χ3v) is 6.39. The fraction of sp³-hybridized carbons (Fsp3) is 0.367. The van der Waals surface area contributed by atoms with E-state index in [1.807, 2.05) is 57.2 Å². The Kier molecular flexibility index (Phi) is 9.43. The number of benzene rings is 3. The number of carbonyl (C=O) groups excluding carboxylic acids is 1. The van der Waals surface area contributed by atoms with Crippen molar-refractivity contribution >= 4 is 17.3 Å². The SMILES string of the molecule is CCOc1cc(C(=O)Nc2ccc(N3CCN(Cc4ccccc4F)CC3)cc2)cc(OCC)c1OCC. The van der Waals surface area contributed by atoms with Crippen LogP contribution in [-0.2, 0) is 6.54 Å². The minimum Gasteiger partial charge on any atom is -0.490 e. The summed E-state index contributed by atoms with van der Waals surface area (Å²) in [5.41, 5.74) is 2.94. The summed E-state index contributed by atoms with van der Waals surface area (Å²) in [6.07, 6.45) is 0. The van der Waals surface area contributed by atoms with E-state index < -0.39 is 0 Å². The molecule has 7 nitrogen and oxygen atoms in total. The maximum atomic E-state index is 14.0. The molecule has 0 aliphatic carbocycles. The quantitative estimate of drug-likeness (QED) is 0.355. The van der Waals surface area contributed by atoms with E-state index in [0.29, 0.717) is 54.9 Å². The minimum absolute atomic E-state index is 0.152. The number of nitrogens with zero attached hydrogens (tertiary/aromatic N) is 2. The fourth-order valence-corrected chi connectivity index (χ4v) is 4.51. The molecule has 1 N–H and O–H groups in total. The van der Waals surface area contributed by atoms with E-state index in [9.17, 15) is 9.18 Å². The summed E-state index contributed by atoms with van der Waals surface area (Å²) in [6.45, 7) is 11.0. The zero-order chi connectivity index (χ0) is 26.9. The monoisotopic (exact) mass is 521 g/mol. The molecule has 8 heteroatoms. The summed E-state index contributed by atoms with van der Waals surface area (Å²) in [6, 6.07) is 18.1. The Balaban J connectivity index is 1.38. The van der Waals surface area contributed by atoms with Crippen LogP contribution in [0.2, 0.25) is 0 Å². The molecule has 1 aliphatic rings. The summed E-state index contributed by atoms with van der Waals surface area (Å²) < 4.78 is 31.2. The molecule has 0 radical (unpaired) electrons. The standard InChI is InChI=1S/C30H36FN3O4/c1-4-36-27-19-23(20-28(37-5-2)29(27)38-6-3)30(35)32-24-11-13-25(14-12-24)34-17-15-33(16-18-34)21-22-9-7-8-10-26(22)31/h7-14,19-20H,4-6,15-18,21H2,1-3H3,(H,32,35). The van der Waals surface area contributed by atoms with Crippen LogP contribution in [-0.4, -0.2) is 56.8 Å². The lowest BCUT2D eigenvalue weighted by atomic mass is 10.1. The first-order chi connectivity index (χ1) is 18.5. The van der Waals surface area contributed by atoms with Gasteiger partial charge in [-0.25, -0.2) is 4.39 Å². The number of halogens is 1. The number of carbonyl (C=O) groups is 1. The van der Waals surface area contributed by atoms with E-state index in [-0.39, 0.29) is 11.7 Å². The largest absolute Gasteiger partial charge is 0.490 e. The van der Waals surface area contributed by atoms with Crippen molar-refractivity contribution in [2.75, 3.05) is 56.2 Å². The van der Waals surface area contributed by atoms with E-state index in [4.69, 9.17) is 14.2 Å². The molecule has 1 amide bonds. The highest BCUT2D eigenvalue weighted by Gasteiger charge is 2.20. The Hall–Kier alpha value is -3.78. The molecule has 0 unspecified atom stereocenters. The molecule has 202 valence electrons. The smallest absolute Gasteiger partial charge is 0.255 e. The van der Waals surface area contributed by atoms with Crippen LogP contribution in [0.4, 0.5) is 15.8 Å². The van der Waals surface area contributed by atoms with Crippen LogP contribution in [0.3, 0.4) is 0 Å². The molecule has 1 heterocycles. The zero-order valence-electron chi connectivity index (χ0n) is 22.3. The predicted octanol–water partition coefficient (Wildman–Crippen LogP) is 5.60. The Morgan fingerprint density at radius 3 is 2.03 bits per heavy atom. The topological polar surface area (TPSA) is 63.3 Å². The number of piperazine rings is 1. The predicted molar refractivity (Wildman–Crippen MR) is 148 cm³/mol. The maximum Gasteiger partial charge on any atom is 0.255 e. The molecule has 38 heavy (non-hydrogen) atoms. The summed E-state index contributed by atoms with van der Waals surface area (Å²) >= 11 is 0. The molecule has 0 aromatic heterocycles. The molecule has 0 saturated carbocycles. The molecule has 0 bridgehead atoms. The van der Waals surface area contributed by atoms with Crippen molar-refractivity contribution in [2.45, 2.75) is 27.3 Å². The van der Waals surface area contributed by atoms with Gasteiger partial charge in [0.2, 0.25) is 5.75 Å². The Bertz CT molecular complexity index is 1180. The molecule has 0 atom stereocenters. The number of hydrogen-bond donors (Lipinski definition) is 1. The second-order valence-corrected chi connectivity index (χ2v) is 8.96. The first-order valence-corrected chi connectivity index (χ1v) is 13.2. The number of nitrogens with one attached hydrogen (secondary N) is 1. The number of anilines is 2. The van der Waals surface area contributed by atoms with E-state index in [1.54, 1.807) is 18.2 Å². The second-order valence-electron chi connectivity index (χ2n) is 8.96. The lowest BCUT2D eigenvalue weighted by Crippen LogP contribution is -2.46. The maximum absolute atomic E-state index is 14.0. The average molecular weight is 522 g/mol. The van der Waals surface area contributed by atoms with Crippen LogP contribution >= 0.6 is 0 Å². The van der Waals surface area contributed by atoms with Crippen molar-refractivity contribution in [1.82, 2.24) is 4.90 Å². The summed E-state index contributed by atoms with van der Waals surface area (Å²) in [5.74, 6) is 1.06. The van der Waals surface area contributed by atoms with E-state index in [1.165, 1.54) is 6.07 Å². The molecule has 4 rings (SSSR count). The van der Waals surface area contributed by atoms with Crippen LogP contribution < -0.4 is 24.4 Å². The van der Waals surface area contributed by atoms with Crippen molar-refractivity contribution < 1.29 is 23.4 Å². The van der Waals surface area contributed by atoms with Gasteiger partial charge >= 0.3 is 0 Å². The van der Waals surface area contributed by atoms with Crippen molar-refractivity contribution in [3.05, 3.63) is 77.6 Å². The highest BCUT2D eigenvalue weighted by atomic mass is 19.1. The number of ether oxygens (including phenoxy) is 3. The van der Waals surface area contributed by atoms with Gasteiger partial charge in [0.25, 0.3) is 5.91 Å². The Labute approximate surface area is 224 Å². The zero-order valence-corrected chi connectivity index (χ0v) is 22.3. The van der Waals surface area contributed by atoms with Gasteiger partial charge in [0.1, 0.15) is 5.82 Å². The van der Waals surface area contributed by atoms with Crippen molar-refractivity contribution in [1.29, 1.82) is 0 Å². The van der Waals surface area contributed by atoms with E-state index in [0.717, 1.165) is 37.4 Å². The number of rotatable bonds is 11. The third kappa shape index (κ3) is 6.75. The van der Waals surface area contributed by atoms with Gasteiger partial charge in [0, 0.05) is 55.2 Å². The minimum atomic E-state index is -0.260. The van der Waals surface area contributed by atoms with Gasteiger partial charge in [-0.05, 0) is 63.2 Å². The van der Waals surface area contributed by atoms with Crippen LogP contribution in [0, 0.1) is 5.82 Å². The van der Waals surface area contributed by atoms with Crippen molar-refractivity contribution in [3.63, 3.8) is 0 Å². The number of amides is 1. The van der Waals surface area contributed by atoms with E-state index >= 15 is 0 Å². The Morgan fingerprint density at radius 1 is 0.842 bits per heavy atom. The van der Waals surface area contributed by atoms with Gasteiger partial charge in [-0.1, -0.05) is 18.2 Å². The molecular formula is C30H36FN3O4. The molecule has 1 aliphatic heterocycles. The van der Waals surface area contributed by atoms with Crippen molar-refractivity contribution in [3.8, 4) is 17.2 Å². The Morgan fingerprint density at radius 2 is 1.45 bits per heavy atom. The summed E-state index contributed by atoms with van der Waals surface area (Å²) in [5, 5.41) is 2.96. The molecule has 0 spiro atoms. The molecule has 1 saturated heterocycles. The van der Waals surface area contributed by atoms with Crippen molar-refractivity contribution in [2.24, 2.45) is 0 Å². The van der Waals surface area contributed by atoms with Crippen LogP contribution in [0.15, 0.2) is 60.7 Å². The van der Waals surface area contributed by atoms with Gasteiger partial charge in [-0.2, -0.15) is 0 Å². The second kappa shape index (κ2) is 13.1.